The van der Waals surface area contributed by atoms with Crippen LogP contribution in [0.1, 0.15) is 0 Å². The van der Waals surface area contributed by atoms with Crippen LogP contribution >= 0.6 is 8.46 Å². The molecule has 0 aliphatic heterocycles. The van der Waals surface area contributed by atoms with E-state index in [4.69, 9.17) is 0 Å². The van der Waals surface area contributed by atoms with E-state index in [0.717, 1.165) is 0 Å². The van der Waals surface area contributed by atoms with Crippen LogP contribution in [0.5, 0.6) is 0 Å². The first-order valence-corrected chi connectivity index (χ1v) is 2.77. The highest BCUT2D eigenvalue weighted by molar-refractivity contribution is 7.23. The number of carbonyl (C=O) groups excluding carboxylic acids is 1. The van der Waals surface area contributed by atoms with Crippen molar-refractivity contribution in [1.82, 2.24) is 5.32 Å². The summed E-state index contributed by atoms with van der Waals surface area (Å²) in [6, 6.07) is -0.636. The number of nitrogens with two attached hydrogens (primary N) is 1. The van der Waals surface area contributed by atoms with E-state index in [9.17, 15) is 9.36 Å². The summed E-state index contributed by atoms with van der Waals surface area (Å²) in [6.45, 7) is 0. The van der Waals surface area contributed by atoms with Crippen LogP contribution in [-0.2, 0) is 4.57 Å². The van der Waals surface area contributed by atoms with Crippen molar-refractivity contribution < 1.29 is 9.36 Å². The van der Waals surface area contributed by atoms with E-state index in [-0.39, 0.29) is 6.29 Å². The van der Waals surface area contributed by atoms with Crippen LogP contribution in [0.2, 0.25) is 0 Å². The van der Waals surface area contributed by atoms with Gasteiger partial charge in [-0.05, 0) is 0 Å². The second kappa shape index (κ2) is 3.56. The fraction of sp³-hybridized carbons (Fsp3) is 0.500. The molecule has 0 aliphatic carbocycles. The SMILES string of the molecule is NC(=O)NC[PH+]=O. The number of rotatable bonds is 2. The van der Waals surface area contributed by atoms with Crippen LogP contribution in [0.25, 0.3) is 0 Å². The van der Waals surface area contributed by atoms with E-state index in [2.05, 4.69) is 11.1 Å². The molecule has 0 aromatic carbocycles. The van der Waals surface area contributed by atoms with Gasteiger partial charge in [0.25, 0.3) is 0 Å². The lowest BCUT2D eigenvalue weighted by atomic mass is 11.0. The average molecular weight is 121 g/mol. The zero-order chi connectivity index (χ0) is 5.70. The van der Waals surface area contributed by atoms with Gasteiger partial charge in [0.15, 0.2) is 0 Å². The number of nitrogens with one attached hydrogen (secondary N) is 1. The summed E-state index contributed by atoms with van der Waals surface area (Å²) in [7, 11) is -0.511. The molecule has 0 saturated heterocycles. The number of primary amides is 1. The van der Waals surface area contributed by atoms with Crippen molar-refractivity contribution in [2.45, 2.75) is 0 Å². The normalized spacial score (nSPS) is 8.57. The van der Waals surface area contributed by atoms with Crippen molar-refractivity contribution in [1.29, 1.82) is 0 Å². The van der Waals surface area contributed by atoms with Gasteiger partial charge in [0, 0.05) is 0 Å². The third-order valence-electron chi connectivity index (χ3n) is 0.335. The first-order valence-electron chi connectivity index (χ1n) is 1.65. The van der Waals surface area contributed by atoms with Crippen LogP contribution in [0.3, 0.4) is 0 Å². The fourth-order valence-corrected chi connectivity index (χ4v) is 0.370. The van der Waals surface area contributed by atoms with Gasteiger partial charge in [0.05, 0.1) is 0 Å². The molecule has 0 saturated carbocycles. The van der Waals surface area contributed by atoms with E-state index >= 15 is 0 Å². The van der Waals surface area contributed by atoms with Crippen LogP contribution in [0.4, 0.5) is 4.79 Å². The van der Waals surface area contributed by atoms with Crippen molar-refractivity contribution in [3.05, 3.63) is 0 Å². The van der Waals surface area contributed by atoms with Crippen LogP contribution in [-0.4, -0.2) is 12.3 Å². The molecule has 3 N–H and O–H groups in total. The molecule has 0 bridgehead atoms. The maximum absolute atomic E-state index is 9.73. The zero-order valence-corrected chi connectivity index (χ0v) is 4.60. The van der Waals surface area contributed by atoms with Crippen molar-refractivity contribution in [3.63, 3.8) is 0 Å². The Morgan fingerprint density at radius 2 is 2.43 bits per heavy atom. The molecular formula is C2H6N2O2P+. The van der Waals surface area contributed by atoms with Gasteiger partial charge < -0.3 is 5.73 Å². The third kappa shape index (κ3) is 5.37. The lowest BCUT2D eigenvalue weighted by Gasteiger charge is -1.83. The Kier molecular flexibility index (Phi) is 3.24. The molecule has 0 aromatic heterocycles. The third-order valence-corrected chi connectivity index (χ3v) is 0.656. The first kappa shape index (κ1) is 6.37. The standard InChI is InChI=1S/C2H5N2O2P/c3-2(5)4-1-7-6/h1H2,(H3,3,4,5)/p+1. The Hall–Kier alpha value is -0.630. The van der Waals surface area contributed by atoms with Crippen LogP contribution in [0, 0.1) is 0 Å². The van der Waals surface area contributed by atoms with E-state index in [1.54, 1.807) is 0 Å². The molecule has 0 spiro atoms. The molecule has 4 nitrogen and oxygen atoms in total. The maximum Gasteiger partial charge on any atom is 0.346 e. The topological polar surface area (TPSA) is 72.2 Å². The molecule has 1 atom stereocenters. The number of urea groups is 1. The molecule has 0 heterocycles. The molecule has 1 unspecified atom stereocenters. The van der Waals surface area contributed by atoms with Gasteiger partial charge in [-0.15, -0.1) is 0 Å². The summed E-state index contributed by atoms with van der Waals surface area (Å²) in [4.78, 5) is 9.73. The highest BCUT2D eigenvalue weighted by Gasteiger charge is 1.90. The van der Waals surface area contributed by atoms with Gasteiger partial charge >= 0.3 is 14.5 Å². The van der Waals surface area contributed by atoms with E-state index in [1.165, 1.54) is 0 Å². The Bertz CT molecular complexity index is 83.8. The summed E-state index contributed by atoms with van der Waals surface area (Å²) >= 11 is 0. The second-order valence-corrected chi connectivity index (χ2v) is 1.50. The minimum absolute atomic E-state index is 0.148. The summed E-state index contributed by atoms with van der Waals surface area (Å²) in [6.07, 6.45) is 0.148. The highest BCUT2D eigenvalue weighted by atomic mass is 31.1. The summed E-state index contributed by atoms with van der Waals surface area (Å²) in [5.74, 6) is 0. The Morgan fingerprint density at radius 1 is 1.86 bits per heavy atom. The lowest BCUT2D eigenvalue weighted by molar-refractivity contribution is 0.250. The quantitative estimate of drug-likeness (QED) is 0.489. The highest BCUT2D eigenvalue weighted by Crippen LogP contribution is 1.81. The van der Waals surface area contributed by atoms with Gasteiger partial charge in [-0.1, -0.05) is 4.57 Å². The molecule has 40 valence electrons. The van der Waals surface area contributed by atoms with E-state index < -0.39 is 14.5 Å². The molecule has 0 fully saturated rings. The minimum Gasteiger partial charge on any atom is -0.352 e. The Labute approximate surface area is 42.3 Å². The molecule has 0 aliphatic rings. The molecule has 0 aromatic rings. The van der Waals surface area contributed by atoms with E-state index in [1.807, 2.05) is 0 Å². The monoisotopic (exact) mass is 121 g/mol. The molecule has 2 amide bonds. The van der Waals surface area contributed by atoms with Gasteiger partial charge in [0.2, 0.25) is 6.29 Å². The number of hydrogen-bond donors (Lipinski definition) is 2. The lowest BCUT2D eigenvalue weighted by Crippen LogP contribution is -2.27. The minimum atomic E-state index is -0.636. The number of carbonyl (C=O) groups is 1. The summed E-state index contributed by atoms with van der Waals surface area (Å²) in [5, 5.41) is 2.13. The largest absolute Gasteiger partial charge is 0.352 e. The molecule has 0 rings (SSSR count). The Balaban J connectivity index is 2.97. The van der Waals surface area contributed by atoms with Gasteiger partial charge in [-0.25, -0.2) is 4.79 Å². The summed E-state index contributed by atoms with van der Waals surface area (Å²) in [5.41, 5.74) is 4.59. The van der Waals surface area contributed by atoms with Gasteiger partial charge in [-0.2, -0.15) is 0 Å². The predicted molar refractivity (Wildman–Crippen MR) is 26.6 cm³/mol. The molecule has 7 heavy (non-hydrogen) atoms. The molecule has 5 heteroatoms. The van der Waals surface area contributed by atoms with Crippen LogP contribution < -0.4 is 11.1 Å². The van der Waals surface area contributed by atoms with Crippen molar-refractivity contribution in [2.24, 2.45) is 5.73 Å². The van der Waals surface area contributed by atoms with Gasteiger partial charge in [-0.3, -0.25) is 5.32 Å². The van der Waals surface area contributed by atoms with Crippen LogP contribution in [0.15, 0.2) is 0 Å². The number of hydrogen-bond acceptors (Lipinski definition) is 2. The second-order valence-electron chi connectivity index (χ2n) is 0.862. The van der Waals surface area contributed by atoms with E-state index in [0.29, 0.717) is 0 Å². The Morgan fingerprint density at radius 3 is 2.57 bits per heavy atom. The van der Waals surface area contributed by atoms with Crippen molar-refractivity contribution in [3.8, 4) is 0 Å². The number of amides is 2. The molecule has 0 radical (unpaired) electrons. The smallest absolute Gasteiger partial charge is 0.346 e. The van der Waals surface area contributed by atoms with Crippen molar-refractivity contribution in [2.75, 3.05) is 6.29 Å². The fourth-order valence-electron chi connectivity index (χ4n) is 0.123. The van der Waals surface area contributed by atoms with Gasteiger partial charge in [0.1, 0.15) is 0 Å². The maximum atomic E-state index is 9.73. The molecular weight excluding hydrogens is 115 g/mol. The first-order chi connectivity index (χ1) is 3.27. The van der Waals surface area contributed by atoms with Crippen molar-refractivity contribution >= 4 is 14.5 Å². The average Bonchev–Trinajstić information content (AvgIpc) is 1.61. The zero-order valence-electron chi connectivity index (χ0n) is 3.60. The summed E-state index contributed by atoms with van der Waals surface area (Å²) < 4.78 is 9.59. The predicted octanol–water partition coefficient (Wildman–Crippen LogP) is -0.364.